The minimum atomic E-state index is -10.7. The largest absolute Gasteiger partial charge is 0.491 e. The molecule has 780 valence electrons. The minimum Gasteiger partial charge on any atom is -0.491 e. The number of fused-ring (bicyclic) bond motifs is 2. The van der Waals surface area contributed by atoms with E-state index in [1.807, 2.05) is 54.6 Å². The fourth-order valence-electron chi connectivity index (χ4n) is 13.7. The Labute approximate surface area is 804 Å². The van der Waals surface area contributed by atoms with Gasteiger partial charge >= 0.3 is 132 Å². The summed E-state index contributed by atoms with van der Waals surface area (Å²) in [7, 11) is -42.6. The van der Waals surface area contributed by atoms with Crippen LogP contribution in [0.15, 0.2) is 286 Å². The Balaban J connectivity index is 0.000000280. The van der Waals surface area contributed by atoms with Gasteiger partial charge in [0.25, 0.3) is 0 Å². The number of hydrogen-bond donors (Lipinski definition) is 0. The maximum absolute atomic E-state index is 10.7. The van der Waals surface area contributed by atoms with Crippen LogP contribution in [0.4, 0.5) is 101 Å². The minimum absolute atomic E-state index is 0.00465. The van der Waals surface area contributed by atoms with Gasteiger partial charge in [-0.15, -0.1) is 0 Å². The second-order valence-corrected chi connectivity index (χ2v) is 41.2. The van der Waals surface area contributed by atoms with E-state index in [2.05, 4.69) is 284 Å². The van der Waals surface area contributed by atoms with E-state index in [9.17, 15) is 101 Å². The summed E-state index contributed by atoms with van der Waals surface area (Å²) in [6.45, 7) is 22.9. The molecule has 0 unspecified atom stereocenters. The third-order valence-corrected chi connectivity index (χ3v) is 20.1. The summed E-state index contributed by atoms with van der Waals surface area (Å²) >= 11 is 0. The van der Waals surface area contributed by atoms with E-state index >= 15 is 0 Å². The van der Waals surface area contributed by atoms with Crippen LogP contribution in [-0.2, 0) is 60.0 Å². The molecule has 0 amide bonds. The van der Waals surface area contributed by atoms with Gasteiger partial charge in [-0.05, 0) is 141 Å². The molecule has 18 bridgehead atoms. The molecule has 0 saturated carbocycles. The second kappa shape index (κ2) is 45.9. The molecule has 13 aliphatic rings. The number of rotatable bonds is 4. The van der Waals surface area contributed by atoms with Crippen molar-refractivity contribution in [3.8, 4) is 56.8 Å². The summed E-state index contributed by atoms with van der Waals surface area (Å²) in [6, 6.07) is 84.5. The van der Waals surface area contributed by atoms with E-state index < -0.39 is 31.2 Å². The fourth-order valence-corrected chi connectivity index (χ4v) is 13.7. The first kappa shape index (κ1) is 115. The summed E-state index contributed by atoms with van der Waals surface area (Å²) in [4.78, 5) is 0. The van der Waals surface area contributed by atoms with E-state index in [0.29, 0.717) is 132 Å². The summed E-state index contributed by atoms with van der Waals surface area (Å²) < 4.78 is 315. The van der Waals surface area contributed by atoms with Crippen LogP contribution in [0.5, 0.6) is 34.5 Å². The molecule has 0 radical (unpaired) electrons. The van der Waals surface area contributed by atoms with Crippen molar-refractivity contribution in [3.63, 3.8) is 0 Å². The van der Waals surface area contributed by atoms with Crippen LogP contribution in [0.1, 0.15) is 93.8 Å². The van der Waals surface area contributed by atoms with Crippen LogP contribution in [0.2, 0.25) is 0 Å². The average molecular weight is 2110 g/mol. The molecule has 25 rings (SSSR count). The molecule has 0 aliphatic carbocycles. The molecule has 0 atom stereocenters. The van der Waals surface area contributed by atoms with Crippen molar-refractivity contribution < 1.29 is 176 Å². The molecule has 0 N–H and O–H groups in total. The van der Waals surface area contributed by atoms with Crippen LogP contribution in [0.25, 0.3) is 22.3 Å². The van der Waals surface area contributed by atoms with E-state index in [1.54, 1.807) is 0 Å². The number of hydrogen-bond acceptors (Lipinski definition) is 12. The third kappa shape index (κ3) is 52.3. The number of nitrogens with zero attached hydrogens (tertiary/aromatic N) is 4. The quantitative estimate of drug-likeness (QED) is 0.0720. The van der Waals surface area contributed by atoms with Gasteiger partial charge in [-0.2, -0.15) is 0 Å². The topological polar surface area (TPSA) is 126 Å². The number of aromatic nitrogens is 4. The van der Waals surface area contributed by atoms with Crippen molar-refractivity contribution in [1.29, 1.82) is 0 Å². The Hall–Kier alpha value is -11.0. The maximum atomic E-state index is 9.87. The van der Waals surface area contributed by atoms with Gasteiger partial charge in [-0.1, -0.05) is 153 Å². The van der Waals surface area contributed by atoms with E-state index in [0.717, 1.165) is 53.2 Å². The molecule has 0 spiro atoms. The van der Waals surface area contributed by atoms with E-state index in [4.69, 9.17) is 56.8 Å². The predicted molar refractivity (Wildman–Crippen MR) is 496 cm³/mol. The molecule has 8 aromatic carbocycles. The average Bonchev–Trinajstić information content (AvgIpc) is 0.779. The molecule has 17 heterocycles. The van der Waals surface area contributed by atoms with Crippen molar-refractivity contribution in [2.24, 2.45) is 0 Å². The Morgan fingerprint density at radius 3 is 0.697 bits per heavy atom. The molecular weight excluding hydrogens is 2000 g/mol. The van der Waals surface area contributed by atoms with Crippen LogP contribution >= 0.6 is 31.2 Å². The van der Waals surface area contributed by atoms with Crippen LogP contribution in [0, 0.1) is 13.8 Å². The Kier molecular flexibility index (Phi) is 37.0. The molecule has 4 aromatic heterocycles. The normalized spacial score (nSPS) is 16.8. The standard InChI is InChI=1S/C70H68N4O2.C28H40O10.4F6P/c1-51-6-14-59(15-7-51)69(60-16-8-52(2)9-17-60)64-46-66-48-67(47-64)76-45-43-72-36-28-56(29-37-72)58-32-40-74(41-33-58)50-54-12-20-62(21-13-54)68(63-22-24-65(25-23-63)70(3,4)5)61-18-10-53(11-19-61)49-73-38-30-57(31-39-73)55-26-34-71(35-27-55)42-44-75-66;1-2-26-4-3-25(1)35-21-17-31-13-9-29-11-15-33-19-23-37-27-5-7-28(8-6-27)38-24-20-34-16-12-30-10-14-32-18-22-36-26;4*1-7(2,3,4,5)6/h6-41,46-48,68-69H,42-45,49-50H2,1-5H3;1-8H,9-24H2;;;;/q+4;;4*-1. The van der Waals surface area contributed by atoms with Gasteiger partial charge in [-0.3, -0.25) is 0 Å². The molecule has 44 heteroatoms. The first-order valence-electron chi connectivity index (χ1n) is 44.0. The van der Waals surface area contributed by atoms with Crippen LogP contribution in [0.3, 0.4) is 0 Å². The number of pyridine rings is 4. The van der Waals surface area contributed by atoms with E-state index in [-0.39, 0.29) is 17.3 Å². The predicted octanol–water partition coefficient (Wildman–Crippen LogP) is 29.6. The molecule has 13 aliphatic heterocycles. The molecular formula is C98H108F24N4O12P4. The van der Waals surface area contributed by atoms with Gasteiger partial charge in [0.2, 0.25) is 0 Å². The Morgan fingerprint density at radius 1 is 0.239 bits per heavy atom. The summed E-state index contributed by atoms with van der Waals surface area (Å²) in [6.07, 6.45) is 17.3. The first-order valence-corrected chi connectivity index (χ1v) is 52.1. The van der Waals surface area contributed by atoms with Crippen molar-refractivity contribution in [1.82, 2.24) is 0 Å². The van der Waals surface area contributed by atoms with Crippen molar-refractivity contribution in [3.05, 3.63) is 347 Å². The van der Waals surface area contributed by atoms with Gasteiger partial charge < -0.3 is 56.8 Å². The summed E-state index contributed by atoms with van der Waals surface area (Å²) in [5.41, 5.74) is 18.6. The first-order chi connectivity index (χ1) is 65.7. The number of benzene rings is 8. The Bertz CT molecular complexity index is 5420. The number of aryl methyl sites for hydroxylation is 2. The zero-order valence-electron chi connectivity index (χ0n) is 77.4. The van der Waals surface area contributed by atoms with Gasteiger partial charge in [0.15, 0.2) is 75.8 Å². The maximum Gasteiger partial charge on any atom is 0.119 e. The van der Waals surface area contributed by atoms with Crippen molar-refractivity contribution >= 4 is 31.2 Å². The van der Waals surface area contributed by atoms with Gasteiger partial charge in [-0.25, -0.2) is 18.3 Å². The van der Waals surface area contributed by atoms with Crippen LogP contribution < -0.4 is 46.7 Å². The molecule has 12 aromatic rings. The van der Waals surface area contributed by atoms with E-state index in [1.165, 1.54) is 77.9 Å². The third-order valence-electron chi connectivity index (χ3n) is 20.1. The summed E-state index contributed by atoms with van der Waals surface area (Å²) in [5, 5.41) is 0. The van der Waals surface area contributed by atoms with Gasteiger partial charge in [0, 0.05) is 77.6 Å². The van der Waals surface area contributed by atoms with Crippen molar-refractivity contribution in [2.75, 3.05) is 119 Å². The zero-order chi connectivity index (χ0) is 104. The monoisotopic (exact) mass is 2110 g/mol. The summed E-state index contributed by atoms with van der Waals surface area (Å²) in [5.74, 6) is 4.72. The van der Waals surface area contributed by atoms with Crippen LogP contribution in [-0.4, -0.2) is 119 Å². The van der Waals surface area contributed by atoms with Crippen molar-refractivity contribution in [2.45, 2.75) is 78.0 Å². The number of halogens is 24. The molecule has 0 saturated heterocycles. The van der Waals surface area contributed by atoms with Gasteiger partial charge in [0.05, 0.1) is 79.3 Å². The number of ether oxygens (including phenoxy) is 12. The molecule has 16 nitrogen and oxygen atoms in total. The zero-order valence-corrected chi connectivity index (χ0v) is 81.0. The Morgan fingerprint density at radius 2 is 0.458 bits per heavy atom. The fraction of sp³-hybridized carbons (Fsp3) is 0.306. The molecule has 0 fully saturated rings. The second-order valence-electron chi connectivity index (χ2n) is 33.5. The van der Waals surface area contributed by atoms with Gasteiger partial charge in [0.1, 0.15) is 74.1 Å². The molecule has 142 heavy (non-hydrogen) atoms. The SMILES string of the molecule is Cc1ccc(C(c2ccc(C)cc2)c2cc3cc(c2)OCC[n+]2ccc(cc2)-c2cc[n+](cc2)Cc2ccc(cc2)C(c2ccc(C(C)(C)C)cc2)c2ccc(cc2)C[n+]2ccc(cc2)-c2cc[n+](cc2)CCO3)cc1.F[P-](F)(F)(F)(F)F.F[P-](F)(F)(F)(F)F.F[P-](F)(F)(F)(F)F.F[P-](F)(F)(F)(F)F.c1cc2ccc1OCCOCCOCCOCCOc1ccc(cc1)OCCOCCOCCOCCO2. The smallest absolute Gasteiger partial charge is 0.119 e.